The van der Waals surface area contributed by atoms with Crippen molar-refractivity contribution in [2.45, 2.75) is 18.9 Å². The van der Waals surface area contributed by atoms with Crippen LogP contribution < -0.4 is 5.32 Å². The Bertz CT molecular complexity index is 332. The quantitative estimate of drug-likeness (QED) is 0.923. The number of hydrogen-bond acceptors (Lipinski definition) is 3. The smallest absolute Gasteiger partial charge is 0.0464 e. The second-order valence-electron chi connectivity index (χ2n) is 4.66. The SMILES string of the molecule is CN(C)C(c1cc(Br)cs1)C1CCNCC1. The normalized spacial score (nSPS) is 20.2. The first-order chi connectivity index (χ1) is 7.68. The number of thiophene rings is 1. The van der Waals surface area contributed by atoms with Crippen LogP contribution in [0.3, 0.4) is 0 Å². The van der Waals surface area contributed by atoms with Crippen LogP contribution in [0.4, 0.5) is 0 Å². The summed E-state index contributed by atoms with van der Waals surface area (Å²) in [5.41, 5.74) is 0. The first-order valence-corrected chi connectivity index (χ1v) is 7.47. The molecular formula is C12H19BrN2S. The van der Waals surface area contributed by atoms with Crippen molar-refractivity contribution in [2.24, 2.45) is 5.92 Å². The van der Waals surface area contributed by atoms with Crippen LogP contribution in [0.1, 0.15) is 23.8 Å². The van der Waals surface area contributed by atoms with Gasteiger partial charge in [0.15, 0.2) is 0 Å². The topological polar surface area (TPSA) is 15.3 Å². The van der Waals surface area contributed by atoms with Gasteiger partial charge in [-0.2, -0.15) is 0 Å². The Labute approximate surface area is 110 Å². The van der Waals surface area contributed by atoms with Gasteiger partial charge in [-0.3, -0.25) is 0 Å². The molecule has 0 aromatic carbocycles. The van der Waals surface area contributed by atoms with E-state index < -0.39 is 0 Å². The standard InChI is InChI=1S/C12H19BrN2S/c1-15(2)12(9-3-5-14-6-4-9)11-7-10(13)8-16-11/h7-9,12,14H,3-6H2,1-2H3. The largest absolute Gasteiger partial charge is 0.317 e. The number of piperidine rings is 1. The minimum absolute atomic E-state index is 0.582. The lowest BCUT2D eigenvalue weighted by Gasteiger charge is -2.34. The van der Waals surface area contributed by atoms with Gasteiger partial charge in [0.1, 0.15) is 0 Å². The van der Waals surface area contributed by atoms with E-state index in [1.54, 1.807) is 0 Å². The summed E-state index contributed by atoms with van der Waals surface area (Å²) in [6.07, 6.45) is 2.58. The predicted molar refractivity (Wildman–Crippen MR) is 74.0 cm³/mol. The summed E-state index contributed by atoms with van der Waals surface area (Å²) in [4.78, 5) is 3.86. The molecule has 90 valence electrons. The third-order valence-electron chi connectivity index (χ3n) is 3.27. The van der Waals surface area contributed by atoms with E-state index in [9.17, 15) is 0 Å². The fraction of sp³-hybridized carbons (Fsp3) is 0.667. The lowest BCUT2D eigenvalue weighted by atomic mass is 9.88. The number of hydrogen-bond donors (Lipinski definition) is 1. The van der Waals surface area contributed by atoms with E-state index in [4.69, 9.17) is 0 Å². The summed E-state index contributed by atoms with van der Waals surface area (Å²) in [5.74, 6) is 0.793. The van der Waals surface area contributed by atoms with Gasteiger partial charge in [-0.15, -0.1) is 11.3 Å². The molecule has 1 saturated heterocycles. The molecule has 1 N–H and O–H groups in total. The van der Waals surface area contributed by atoms with Gasteiger partial charge in [0.2, 0.25) is 0 Å². The molecule has 1 atom stereocenters. The third-order valence-corrected chi connectivity index (χ3v) is 5.03. The van der Waals surface area contributed by atoms with Crippen molar-refractivity contribution < 1.29 is 0 Å². The molecule has 1 aromatic rings. The Kier molecular flexibility index (Phi) is 4.41. The van der Waals surface area contributed by atoms with Crippen LogP contribution in [0.5, 0.6) is 0 Å². The molecule has 0 spiro atoms. The van der Waals surface area contributed by atoms with E-state index in [1.807, 2.05) is 11.3 Å². The van der Waals surface area contributed by atoms with Crippen molar-refractivity contribution in [2.75, 3.05) is 27.2 Å². The Hall–Kier alpha value is 0.1000. The molecule has 1 aliphatic rings. The average molecular weight is 303 g/mol. The number of halogens is 1. The maximum absolute atomic E-state index is 3.55. The zero-order valence-corrected chi connectivity index (χ0v) is 12.3. The second kappa shape index (κ2) is 5.63. The molecule has 1 aliphatic heterocycles. The summed E-state index contributed by atoms with van der Waals surface area (Å²) in [5, 5.41) is 5.63. The first-order valence-electron chi connectivity index (χ1n) is 5.79. The van der Waals surface area contributed by atoms with Gasteiger partial charge >= 0.3 is 0 Å². The van der Waals surface area contributed by atoms with Crippen molar-refractivity contribution in [3.63, 3.8) is 0 Å². The monoisotopic (exact) mass is 302 g/mol. The van der Waals surface area contributed by atoms with Crippen LogP contribution in [-0.4, -0.2) is 32.1 Å². The van der Waals surface area contributed by atoms with Crippen LogP contribution >= 0.6 is 27.3 Å². The van der Waals surface area contributed by atoms with Crippen molar-refractivity contribution in [3.05, 3.63) is 20.8 Å². The molecule has 2 nitrogen and oxygen atoms in total. The number of nitrogens with one attached hydrogen (secondary N) is 1. The molecule has 1 aromatic heterocycles. The van der Waals surface area contributed by atoms with E-state index >= 15 is 0 Å². The van der Waals surface area contributed by atoms with Crippen molar-refractivity contribution in [3.8, 4) is 0 Å². The summed E-state index contributed by atoms with van der Waals surface area (Å²) < 4.78 is 1.22. The molecule has 0 bridgehead atoms. The Morgan fingerprint density at radius 3 is 2.62 bits per heavy atom. The van der Waals surface area contributed by atoms with Gasteiger partial charge in [-0.05, 0) is 67.9 Å². The molecule has 2 rings (SSSR count). The lowest BCUT2D eigenvalue weighted by Crippen LogP contribution is -2.35. The molecule has 0 radical (unpaired) electrons. The molecule has 4 heteroatoms. The Morgan fingerprint density at radius 2 is 2.12 bits per heavy atom. The highest BCUT2D eigenvalue weighted by atomic mass is 79.9. The van der Waals surface area contributed by atoms with Crippen LogP contribution in [-0.2, 0) is 0 Å². The van der Waals surface area contributed by atoms with Gasteiger partial charge in [0.05, 0.1) is 0 Å². The van der Waals surface area contributed by atoms with E-state index in [-0.39, 0.29) is 0 Å². The highest BCUT2D eigenvalue weighted by Crippen LogP contribution is 2.36. The van der Waals surface area contributed by atoms with E-state index in [2.05, 4.69) is 51.7 Å². The maximum Gasteiger partial charge on any atom is 0.0464 e. The summed E-state index contributed by atoms with van der Waals surface area (Å²) >= 11 is 5.42. The van der Waals surface area contributed by atoms with Crippen molar-refractivity contribution in [1.82, 2.24) is 10.2 Å². The number of nitrogens with zero attached hydrogens (tertiary/aromatic N) is 1. The van der Waals surface area contributed by atoms with Gasteiger partial charge < -0.3 is 10.2 Å². The second-order valence-corrected chi connectivity index (χ2v) is 6.52. The highest BCUT2D eigenvalue weighted by Gasteiger charge is 2.27. The van der Waals surface area contributed by atoms with Crippen LogP contribution in [0.25, 0.3) is 0 Å². The van der Waals surface area contributed by atoms with E-state index in [1.165, 1.54) is 35.3 Å². The Morgan fingerprint density at radius 1 is 1.44 bits per heavy atom. The Balaban J connectivity index is 2.16. The zero-order valence-electron chi connectivity index (χ0n) is 9.87. The first kappa shape index (κ1) is 12.6. The molecule has 16 heavy (non-hydrogen) atoms. The molecule has 0 saturated carbocycles. The average Bonchev–Trinajstić information content (AvgIpc) is 2.66. The summed E-state index contributed by atoms with van der Waals surface area (Å²) in [7, 11) is 4.39. The van der Waals surface area contributed by atoms with Crippen molar-refractivity contribution >= 4 is 27.3 Å². The lowest BCUT2D eigenvalue weighted by molar-refractivity contribution is 0.181. The van der Waals surface area contributed by atoms with Crippen molar-refractivity contribution in [1.29, 1.82) is 0 Å². The predicted octanol–water partition coefficient (Wildman–Crippen LogP) is 3.11. The van der Waals surface area contributed by atoms with Gasteiger partial charge in [-0.25, -0.2) is 0 Å². The molecule has 2 heterocycles. The van der Waals surface area contributed by atoms with Crippen LogP contribution in [0, 0.1) is 5.92 Å². The van der Waals surface area contributed by atoms with Crippen LogP contribution in [0.2, 0.25) is 0 Å². The molecular weight excluding hydrogens is 284 g/mol. The molecule has 1 fully saturated rings. The van der Waals surface area contributed by atoms with Gasteiger partial charge in [0.25, 0.3) is 0 Å². The fourth-order valence-corrected chi connectivity index (χ4v) is 4.28. The zero-order chi connectivity index (χ0) is 11.5. The third kappa shape index (κ3) is 2.86. The van der Waals surface area contributed by atoms with E-state index in [0.29, 0.717) is 6.04 Å². The van der Waals surface area contributed by atoms with E-state index in [0.717, 1.165) is 5.92 Å². The van der Waals surface area contributed by atoms with Gasteiger partial charge in [0, 0.05) is 20.8 Å². The number of rotatable bonds is 3. The minimum atomic E-state index is 0.582. The maximum atomic E-state index is 3.55. The van der Waals surface area contributed by atoms with Gasteiger partial charge in [-0.1, -0.05) is 0 Å². The summed E-state index contributed by atoms with van der Waals surface area (Å²) in [6.45, 7) is 2.34. The van der Waals surface area contributed by atoms with Crippen LogP contribution in [0.15, 0.2) is 15.9 Å². The molecule has 0 amide bonds. The molecule has 1 unspecified atom stereocenters. The highest BCUT2D eigenvalue weighted by molar-refractivity contribution is 9.10. The minimum Gasteiger partial charge on any atom is -0.317 e. The summed E-state index contributed by atoms with van der Waals surface area (Å²) in [6, 6.07) is 2.86. The fourth-order valence-electron chi connectivity index (χ4n) is 2.55. The molecule has 0 aliphatic carbocycles.